The fourth-order valence-corrected chi connectivity index (χ4v) is 3.44. The van der Waals surface area contributed by atoms with Crippen LogP contribution in [-0.4, -0.2) is 24.6 Å². The van der Waals surface area contributed by atoms with Crippen molar-refractivity contribution in [2.75, 3.05) is 6.61 Å². The van der Waals surface area contributed by atoms with Crippen molar-refractivity contribution in [1.82, 2.24) is 0 Å². The summed E-state index contributed by atoms with van der Waals surface area (Å²) in [6, 6.07) is 12.2. The molecule has 2 aliphatic rings. The summed E-state index contributed by atoms with van der Waals surface area (Å²) in [6.07, 6.45) is 4.25. The number of carbonyl (C=O) groups is 2. The molecule has 2 aromatic carbocycles. The van der Waals surface area contributed by atoms with E-state index >= 15 is 0 Å². The first-order valence-electron chi connectivity index (χ1n) is 8.15. The summed E-state index contributed by atoms with van der Waals surface area (Å²) < 4.78 is 10.4. The van der Waals surface area contributed by atoms with E-state index in [1.807, 2.05) is 37.3 Å². The van der Waals surface area contributed by atoms with Crippen LogP contribution in [-0.2, 0) is 24.5 Å². The van der Waals surface area contributed by atoms with Crippen molar-refractivity contribution < 1.29 is 19.1 Å². The molecule has 122 valence electrons. The molecule has 1 fully saturated rings. The second kappa shape index (κ2) is 5.48. The molecule has 1 heterocycles. The van der Waals surface area contributed by atoms with Crippen LogP contribution in [0.15, 0.2) is 42.5 Å². The van der Waals surface area contributed by atoms with E-state index in [0.29, 0.717) is 19.4 Å². The molecule has 0 amide bonds. The molecule has 1 aliphatic carbocycles. The Morgan fingerprint density at radius 2 is 2.00 bits per heavy atom. The minimum atomic E-state index is -0.795. The third-order valence-corrected chi connectivity index (χ3v) is 4.92. The van der Waals surface area contributed by atoms with E-state index in [1.165, 1.54) is 0 Å². The van der Waals surface area contributed by atoms with Gasteiger partial charge in [0.15, 0.2) is 0 Å². The van der Waals surface area contributed by atoms with E-state index in [0.717, 1.165) is 21.9 Å². The number of benzene rings is 2. The van der Waals surface area contributed by atoms with E-state index in [9.17, 15) is 9.59 Å². The number of hydrogen-bond donors (Lipinski definition) is 0. The van der Waals surface area contributed by atoms with Crippen LogP contribution in [0.25, 0.3) is 16.8 Å². The fourth-order valence-electron chi connectivity index (χ4n) is 3.44. The quantitative estimate of drug-likeness (QED) is 0.796. The van der Waals surface area contributed by atoms with E-state index in [-0.39, 0.29) is 5.97 Å². The van der Waals surface area contributed by atoms with Gasteiger partial charge in [-0.2, -0.15) is 0 Å². The van der Waals surface area contributed by atoms with Crippen LogP contribution in [0.2, 0.25) is 0 Å². The monoisotopic (exact) mass is 322 g/mol. The number of esters is 2. The Hall–Kier alpha value is -2.62. The smallest absolute Gasteiger partial charge is 0.347 e. The standard InChI is InChI=1S/C20H18O4/c1-20(19(22)24-17-8-10-23-18(17)21)9-4-7-15-11-13-5-2-3-6-14(13)12-16(15)20/h2-7,11-12,17H,8-10H2,1H3. The summed E-state index contributed by atoms with van der Waals surface area (Å²) >= 11 is 0. The van der Waals surface area contributed by atoms with Crippen LogP contribution in [0.1, 0.15) is 30.9 Å². The van der Waals surface area contributed by atoms with Gasteiger partial charge in [0, 0.05) is 6.42 Å². The van der Waals surface area contributed by atoms with Crippen molar-refractivity contribution in [3.8, 4) is 0 Å². The molecule has 1 aliphatic heterocycles. The number of carbonyl (C=O) groups excluding carboxylic acids is 2. The minimum absolute atomic E-state index is 0.314. The molecule has 0 saturated carbocycles. The fraction of sp³-hybridized carbons (Fsp3) is 0.300. The van der Waals surface area contributed by atoms with Gasteiger partial charge in [-0.05, 0) is 47.4 Å². The van der Waals surface area contributed by atoms with Gasteiger partial charge in [0.05, 0.1) is 12.0 Å². The van der Waals surface area contributed by atoms with E-state index in [4.69, 9.17) is 9.47 Å². The topological polar surface area (TPSA) is 52.6 Å². The molecular formula is C20H18O4. The number of fused-ring (bicyclic) bond motifs is 2. The summed E-state index contributed by atoms with van der Waals surface area (Å²) in [6.45, 7) is 2.20. The van der Waals surface area contributed by atoms with Crippen molar-refractivity contribution in [2.45, 2.75) is 31.3 Å². The lowest BCUT2D eigenvalue weighted by Crippen LogP contribution is -2.39. The third-order valence-electron chi connectivity index (χ3n) is 4.92. The number of allylic oxidation sites excluding steroid dienone is 1. The number of cyclic esters (lactones) is 1. The van der Waals surface area contributed by atoms with Crippen LogP contribution < -0.4 is 0 Å². The SMILES string of the molecule is CC1(C(=O)OC2CCOC2=O)CC=Cc2cc3ccccc3cc21. The van der Waals surface area contributed by atoms with Gasteiger partial charge < -0.3 is 9.47 Å². The van der Waals surface area contributed by atoms with Crippen molar-refractivity contribution in [1.29, 1.82) is 0 Å². The van der Waals surface area contributed by atoms with Gasteiger partial charge in [-0.1, -0.05) is 36.4 Å². The molecule has 1 saturated heterocycles. The highest BCUT2D eigenvalue weighted by Gasteiger charge is 2.42. The Bertz CT molecular complexity index is 867. The first-order chi connectivity index (χ1) is 11.6. The van der Waals surface area contributed by atoms with E-state index in [1.54, 1.807) is 0 Å². The minimum Gasteiger partial charge on any atom is -0.463 e. The van der Waals surface area contributed by atoms with Crippen LogP contribution in [0.4, 0.5) is 0 Å². The average Bonchev–Trinajstić information content (AvgIpc) is 2.98. The molecule has 2 atom stereocenters. The van der Waals surface area contributed by atoms with Crippen LogP contribution in [0.3, 0.4) is 0 Å². The molecule has 0 bridgehead atoms. The second-order valence-electron chi connectivity index (χ2n) is 6.58. The average molecular weight is 322 g/mol. The Balaban J connectivity index is 1.73. The van der Waals surface area contributed by atoms with Gasteiger partial charge in [0.25, 0.3) is 0 Å². The molecule has 0 spiro atoms. The lowest BCUT2D eigenvalue weighted by atomic mass is 9.73. The van der Waals surface area contributed by atoms with E-state index in [2.05, 4.69) is 18.2 Å². The molecular weight excluding hydrogens is 304 g/mol. The lowest BCUT2D eigenvalue weighted by molar-refractivity contribution is -0.164. The van der Waals surface area contributed by atoms with Gasteiger partial charge in [-0.25, -0.2) is 4.79 Å². The highest BCUT2D eigenvalue weighted by molar-refractivity contribution is 5.93. The maximum absolute atomic E-state index is 12.9. The summed E-state index contributed by atoms with van der Waals surface area (Å²) in [5.74, 6) is -0.815. The summed E-state index contributed by atoms with van der Waals surface area (Å²) in [5.41, 5.74) is 1.17. The van der Waals surface area contributed by atoms with Gasteiger partial charge in [-0.15, -0.1) is 0 Å². The highest BCUT2D eigenvalue weighted by atomic mass is 16.6. The molecule has 4 nitrogen and oxygen atoms in total. The van der Waals surface area contributed by atoms with Crippen LogP contribution in [0, 0.1) is 0 Å². The zero-order chi connectivity index (χ0) is 16.7. The maximum Gasteiger partial charge on any atom is 0.347 e. The Labute approximate surface area is 140 Å². The van der Waals surface area contributed by atoms with Crippen molar-refractivity contribution in [2.24, 2.45) is 0 Å². The Morgan fingerprint density at radius 1 is 1.25 bits per heavy atom. The second-order valence-corrected chi connectivity index (χ2v) is 6.58. The first-order valence-corrected chi connectivity index (χ1v) is 8.15. The molecule has 2 aromatic rings. The molecule has 4 rings (SSSR count). The predicted molar refractivity (Wildman–Crippen MR) is 90.4 cm³/mol. The largest absolute Gasteiger partial charge is 0.463 e. The summed E-state index contributed by atoms with van der Waals surface area (Å²) in [7, 11) is 0. The van der Waals surface area contributed by atoms with E-state index < -0.39 is 17.5 Å². The Morgan fingerprint density at radius 3 is 2.71 bits per heavy atom. The van der Waals surface area contributed by atoms with Crippen LogP contribution in [0.5, 0.6) is 0 Å². The third kappa shape index (κ3) is 2.30. The maximum atomic E-state index is 12.9. The number of ether oxygens (including phenoxy) is 2. The van der Waals surface area contributed by atoms with Gasteiger partial charge >= 0.3 is 11.9 Å². The predicted octanol–water partition coefficient (Wildman–Crippen LogP) is 3.37. The summed E-state index contributed by atoms with van der Waals surface area (Å²) in [4.78, 5) is 24.5. The summed E-state index contributed by atoms with van der Waals surface area (Å²) in [5, 5.41) is 2.23. The number of hydrogen-bond acceptors (Lipinski definition) is 4. The Kier molecular flexibility index (Phi) is 3.41. The van der Waals surface area contributed by atoms with Gasteiger partial charge in [0.2, 0.25) is 6.10 Å². The molecule has 0 radical (unpaired) electrons. The number of rotatable bonds is 2. The van der Waals surface area contributed by atoms with Crippen molar-refractivity contribution >= 4 is 28.8 Å². The van der Waals surface area contributed by atoms with Gasteiger partial charge in [-0.3, -0.25) is 4.79 Å². The van der Waals surface area contributed by atoms with Crippen molar-refractivity contribution in [3.05, 3.63) is 53.6 Å². The van der Waals surface area contributed by atoms with Crippen LogP contribution >= 0.6 is 0 Å². The molecule has 2 unspecified atom stereocenters. The lowest BCUT2D eigenvalue weighted by Gasteiger charge is -2.32. The van der Waals surface area contributed by atoms with Crippen molar-refractivity contribution in [3.63, 3.8) is 0 Å². The van der Waals surface area contributed by atoms with Gasteiger partial charge in [0.1, 0.15) is 0 Å². The molecule has 0 aromatic heterocycles. The zero-order valence-electron chi connectivity index (χ0n) is 13.5. The molecule has 0 N–H and O–H groups in total. The zero-order valence-corrected chi connectivity index (χ0v) is 13.5. The molecule has 24 heavy (non-hydrogen) atoms. The molecule has 4 heteroatoms. The first kappa shape index (κ1) is 14.9. The normalized spacial score (nSPS) is 25.4. The highest BCUT2D eigenvalue weighted by Crippen LogP contribution is 2.39.